The van der Waals surface area contributed by atoms with Crippen molar-refractivity contribution < 1.29 is 0 Å². The molecule has 2 nitrogen and oxygen atoms in total. The predicted octanol–water partition coefficient (Wildman–Crippen LogP) is 8.31. The van der Waals surface area contributed by atoms with Crippen molar-refractivity contribution in [2.24, 2.45) is 0 Å². The third-order valence-corrected chi connectivity index (χ3v) is 6.04. The monoisotopic (exact) mass is 410 g/mol. The fourth-order valence-corrected chi connectivity index (χ4v) is 4.53. The zero-order chi connectivity index (χ0) is 21.3. The highest BCUT2D eigenvalue weighted by Crippen LogP contribution is 2.32. The zero-order valence-corrected chi connectivity index (χ0v) is 17.5. The van der Waals surface area contributed by atoms with Crippen LogP contribution in [-0.2, 0) is 0 Å². The third kappa shape index (κ3) is 3.14. The normalized spacial score (nSPS) is 11.1. The molecule has 0 fully saturated rings. The third-order valence-electron chi connectivity index (χ3n) is 6.04. The Bertz CT molecular complexity index is 1620. The highest BCUT2D eigenvalue weighted by Gasteiger charge is 2.08. The van der Waals surface area contributed by atoms with Crippen LogP contribution >= 0.6 is 0 Å². The molecule has 2 heterocycles. The molecule has 2 aromatic heterocycles. The van der Waals surface area contributed by atoms with E-state index in [4.69, 9.17) is 0 Å². The molecule has 0 atom stereocenters. The number of rotatable bonds is 1. The lowest BCUT2D eigenvalue weighted by Gasteiger charge is -2.03. The lowest BCUT2D eigenvalue weighted by Crippen LogP contribution is -1.79. The second kappa shape index (κ2) is 7.75. The molecule has 0 spiro atoms. The van der Waals surface area contributed by atoms with Crippen LogP contribution in [-0.4, -0.2) is 9.97 Å². The average molecular weight is 411 g/mol. The minimum absolute atomic E-state index is 1.20. The van der Waals surface area contributed by atoms with Crippen molar-refractivity contribution in [2.45, 2.75) is 0 Å². The molecule has 2 heteroatoms. The van der Waals surface area contributed by atoms with Crippen LogP contribution in [0.15, 0.2) is 121 Å². The van der Waals surface area contributed by atoms with Crippen molar-refractivity contribution in [1.82, 2.24) is 9.97 Å². The maximum absolute atomic E-state index is 3.55. The van der Waals surface area contributed by atoms with Gasteiger partial charge in [-0.05, 0) is 23.8 Å². The van der Waals surface area contributed by atoms with Gasteiger partial charge < -0.3 is 9.97 Å². The highest BCUT2D eigenvalue weighted by atomic mass is 14.7. The summed E-state index contributed by atoms with van der Waals surface area (Å²) in [6.45, 7) is 0. The van der Waals surface area contributed by atoms with Gasteiger partial charge in [-0.15, -0.1) is 0 Å². The molecule has 0 saturated carbocycles. The predicted molar refractivity (Wildman–Crippen MR) is 137 cm³/mol. The van der Waals surface area contributed by atoms with E-state index < -0.39 is 0 Å². The Morgan fingerprint density at radius 2 is 0.812 bits per heavy atom. The van der Waals surface area contributed by atoms with Crippen LogP contribution in [0.4, 0.5) is 0 Å². The molecule has 0 aliphatic heterocycles. The lowest BCUT2D eigenvalue weighted by molar-refractivity contribution is 1.53. The van der Waals surface area contributed by atoms with E-state index in [9.17, 15) is 0 Å². The van der Waals surface area contributed by atoms with E-state index >= 15 is 0 Å². The van der Waals surface area contributed by atoms with Gasteiger partial charge in [0.2, 0.25) is 0 Å². The number of aromatic nitrogens is 2. The van der Waals surface area contributed by atoms with Crippen LogP contribution in [0.1, 0.15) is 0 Å². The van der Waals surface area contributed by atoms with Gasteiger partial charge in [0.25, 0.3) is 0 Å². The molecule has 0 aliphatic carbocycles. The van der Waals surface area contributed by atoms with Crippen molar-refractivity contribution in [2.75, 3.05) is 0 Å². The molecule has 2 N–H and O–H groups in total. The van der Waals surface area contributed by atoms with E-state index in [1.54, 1.807) is 0 Å². The molecule has 152 valence electrons. The van der Waals surface area contributed by atoms with Crippen LogP contribution in [0.25, 0.3) is 54.7 Å². The summed E-state index contributed by atoms with van der Waals surface area (Å²) in [5, 5.41) is 5.18. The molecule has 5 aromatic carbocycles. The van der Waals surface area contributed by atoms with Crippen molar-refractivity contribution in [3.63, 3.8) is 0 Å². The quantitative estimate of drug-likeness (QED) is 0.273. The van der Waals surface area contributed by atoms with E-state index in [0.717, 1.165) is 0 Å². The summed E-state index contributed by atoms with van der Waals surface area (Å²) in [5.41, 5.74) is 7.34. The van der Waals surface area contributed by atoms with Crippen LogP contribution in [0.3, 0.4) is 0 Å². The minimum Gasteiger partial charge on any atom is -0.355 e. The first-order chi connectivity index (χ1) is 15.9. The fourth-order valence-electron chi connectivity index (χ4n) is 4.53. The molecule has 0 radical (unpaired) electrons. The van der Waals surface area contributed by atoms with Crippen molar-refractivity contribution in [3.05, 3.63) is 121 Å². The Balaban J connectivity index is 0.000000131. The largest absolute Gasteiger partial charge is 0.355 e. The number of H-pyrrole nitrogens is 2. The van der Waals surface area contributed by atoms with E-state index in [1.165, 1.54) is 54.7 Å². The SMILES string of the molecule is c1ccc(-c2cccc3c2[nH]c2ccccc23)cc1.c1ccc2c(c1)[nH]c1ccccc12. The summed E-state index contributed by atoms with van der Waals surface area (Å²) >= 11 is 0. The first kappa shape index (κ1) is 18.5. The van der Waals surface area contributed by atoms with E-state index in [2.05, 4.69) is 131 Å². The van der Waals surface area contributed by atoms with Gasteiger partial charge >= 0.3 is 0 Å². The number of fused-ring (bicyclic) bond motifs is 6. The van der Waals surface area contributed by atoms with Gasteiger partial charge in [-0.2, -0.15) is 0 Å². The maximum atomic E-state index is 3.55. The molecule has 7 aromatic rings. The average Bonchev–Trinajstić information content (AvgIpc) is 3.43. The van der Waals surface area contributed by atoms with Gasteiger partial charge in [0, 0.05) is 43.7 Å². The van der Waals surface area contributed by atoms with Gasteiger partial charge in [0.15, 0.2) is 0 Å². The molecule has 0 bridgehead atoms. The molecule has 0 amide bonds. The molecule has 32 heavy (non-hydrogen) atoms. The smallest absolute Gasteiger partial charge is 0.0544 e. The van der Waals surface area contributed by atoms with Gasteiger partial charge in [-0.25, -0.2) is 0 Å². The summed E-state index contributed by atoms with van der Waals surface area (Å²) in [5.74, 6) is 0. The van der Waals surface area contributed by atoms with Crippen LogP contribution in [0.2, 0.25) is 0 Å². The maximum Gasteiger partial charge on any atom is 0.0544 e. The standard InChI is InChI=1S/C18H13N.C12H9N/c1-2-7-13(8-3-1)14-10-6-11-16-15-9-4-5-12-17(15)19-18(14)16;1-3-7-11-9(5-1)10-6-2-4-8-12(10)13-11/h1-12,19H;1-8,13H. The number of aromatic amines is 2. The second-order valence-electron chi connectivity index (χ2n) is 7.98. The Morgan fingerprint density at radius 3 is 1.44 bits per heavy atom. The Kier molecular flexibility index (Phi) is 4.47. The van der Waals surface area contributed by atoms with Crippen molar-refractivity contribution in [1.29, 1.82) is 0 Å². The van der Waals surface area contributed by atoms with E-state index in [0.29, 0.717) is 0 Å². The summed E-state index contributed by atoms with van der Waals surface area (Å²) in [6.07, 6.45) is 0. The van der Waals surface area contributed by atoms with Gasteiger partial charge in [0.05, 0.1) is 5.52 Å². The van der Waals surface area contributed by atoms with Crippen LogP contribution in [0, 0.1) is 0 Å². The van der Waals surface area contributed by atoms with Gasteiger partial charge in [-0.1, -0.05) is 103 Å². The summed E-state index contributed by atoms with van der Waals surface area (Å²) in [4.78, 5) is 6.92. The summed E-state index contributed by atoms with van der Waals surface area (Å²) < 4.78 is 0. The first-order valence-corrected chi connectivity index (χ1v) is 10.9. The summed E-state index contributed by atoms with van der Waals surface area (Å²) in [7, 11) is 0. The molecular weight excluding hydrogens is 388 g/mol. The van der Waals surface area contributed by atoms with E-state index in [-0.39, 0.29) is 0 Å². The number of hydrogen-bond donors (Lipinski definition) is 2. The summed E-state index contributed by atoms with van der Waals surface area (Å²) in [6, 6.07) is 42.2. The zero-order valence-electron chi connectivity index (χ0n) is 17.5. The first-order valence-electron chi connectivity index (χ1n) is 10.9. The number of benzene rings is 5. The Labute approximate surface area is 186 Å². The van der Waals surface area contributed by atoms with Crippen LogP contribution < -0.4 is 0 Å². The Hall–Kier alpha value is -4.30. The highest BCUT2D eigenvalue weighted by molar-refractivity contribution is 6.11. The van der Waals surface area contributed by atoms with Crippen molar-refractivity contribution in [3.8, 4) is 11.1 Å². The lowest BCUT2D eigenvalue weighted by atomic mass is 10.0. The van der Waals surface area contributed by atoms with Gasteiger partial charge in [0.1, 0.15) is 0 Å². The Morgan fingerprint density at radius 1 is 0.344 bits per heavy atom. The molecule has 7 rings (SSSR count). The molecular formula is C30H22N2. The van der Waals surface area contributed by atoms with Crippen molar-refractivity contribution >= 4 is 43.6 Å². The molecule has 0 aliphatic rings. The number of para-hydroxylation sites is 4. The minimum atomic E-state index is 1.20. The van der Waals surface area contributed by atoms with Gasteiger partial charge in [-0.3, -0.25) is 0 Å². The van der Waals surface area contributed by atoms with Crippen LogP contribution in [0.5, 0.6) is 0 Å². The molecule has 0 saturated heterocycles. The second-order valence-corrected chi connectivity index (χ2v) is 7.98. The van der Waals surface area contributed by atoms with E-state index in [1.807, 2.05) is 0 Å². The topological polar surface area (TPSA) is 31.6 Å². The number of hydrogen-bond acceptors (Lipinski definition) is 0. The molecule has 0 unspecified atom stereocenters. The fraction of sp³-hybridized carbons (Fsp3) is 0. The number of nitrogens with one attached hydrogen (secondary N) is 2.